The summed E-state index contributed by atoms with van der Waals surface area (Å²) in [5.41, 5.74) is 5.28. The molecule has 3 N–H and O–H groups in total. The molecule has 0 aliphatic heterocycles. The van der Waals surface area contributed by atoms with E-state index in [1.54, 1.807) is 32.9 Å². The first-order valence-corrected chi connectivity index (χ1v) is 6.33. The first kappa shape index (κ1) is 15.1. The van der Waals surface area contributed by atoms with Crippen LogP contribution < -0.4 is 5.73 Å². The van der Waals surface area contributed by atoms with Gasteiger partial charge >= 0.3 is 5.97 Å². The molecule has 0 fully saturated rings. The van der Waals surface area contributed by atoms with Crippen molar-refractivity contribution < 1.29 is 14.3 Å². The number of aliphatic carboxylic acids is 1. The lowest BCUT2D eigenvalue weighted by Gasteiger charge is -2.41. The Hall–Kier alpha value is -0.940. The summed E-state index contributed by atoms with van der Waals surface area (Å²) in [6.45, 7) is 5.32. The second-order valence-corrected chi connectivity index (χ2v) is 6.11. The van der Waals surface area contributed by atoms with Crippen molar-refractivity contribution in [3.8, 4) is 0 Å². The van der Waals surface area contributed by atoms with Crippen molar-refractivity contribution in [1.82, 2.24) is 0 Å². The highest BCUT2D eigenvalue weighted by Crippen LogP contribution is 2.38. The van der Waals surface area contributed by atoms with Crippen molar-refractivity contribution in [2.24, 2.45) is 5.73 Å². The quantitative estimate of drug-likeness (QED) is 0.897. The maximum absolute atomic E-state index is 13.3. The largest absolute Gasteiger partial charge is 0.481 e. The number of nitrogens with two attached hydrogens (primary N) is 1. The van der Waals surface area contributed by atoms with Gasteiger partial charge in [0.05, 0.1) is 10.9 Å². The molecule has 1 atom stereocenters. The molecule has 18 heavy (non-hydrogen) atoms. The van der Waals surface area contributed by atoms with Crippen molar-refractivity contribution in [3.63, 3.8) is 0 Å². The van der Waals surface area contributed by atoms with E-state index in [1.165, 1.54) is 6.07 Å². The lowest BCUT2D eigenvalue weighted by Crippen LogP contribution is -2.53. The molecular weight excluding hydrogens is 301 g/mol. The zero-order chi connectivity index (χ0) is 14.1. The molecule has 0 radical (unpaired) electrons. The van der Waals surface area contributed by atoms with Crippen molar-refractivity contribution in [2.75, 3.05) is 0 Å². The van der Waals surface area contributed by atoms with E-state index in [-0.39, 0.29) is 12.2 Å². The highest BCUT2D eigenvalue weighted by molar-refractivity contribution is 9.10. The molecule has 0 heterocycles. The van der Waals surface area contributed by atoms with Gasteiger partial charge in [-0.3, -0.25) is 4.79 Å². The lowest BCUT2D eigenvalue weighted by molar-refractivity contribution is -0.139. The van der Waals surface area contributed by atoms with E-state index in [9.17, 15) is 9.18 Å². The summed E-state index contributed by atoms with van der Waals surface area (Å²) < 4.78 is 13.6. The summed E-state index contributed by atoms with van der Waals surface area (Å²) in [6, 6.07) is 4.48. The number of carbonyl (C=O) groups is 1. The number of carboxylic acids is 1. The first-order chi connectivity index (χ1) is 8.08. The number of carboxylic acid groups (broad SMARTS) is 1. The van der Waals surface area contributed by atoms with Crippen LogP contribution in [0, 0.1) is 5.82 Å². The fourth-order valence-electron chi connectivity index (χ4n) is 1.84. The molecule has 5 heteroatoms. The standard InChI is InChI=1S/C13H17BrFNO2/c1-12(2,16)13(3,7-11(17)18)8-4-5-10(15)9(14)6-8/h4-6H,7,16H2,1-3H3,(H,17,18). The third kappa shape index (κ3) is 2.90. The van der Waals surface area contributed by atoms with Gasteiger partial charge in [-0.05, 0) is 47.5 Å². The Morgan fingerprint density at radius 1 is 1.44 bits per heavy atom. The first-order valence-electron chi connectivity index (χ1n) is 5.54. The van der Waals surface area contributed by atoms with E-state index in [4.69, 9.17) is 10.8 Å². The van der Waals surface area contributed by atoms with Crippen molar-refractivity contribution >= 4 is 21.9 Å². The Labute approximate surface area is 114 Å². The molecule has 3 nitrogen and oxygen atoms in total. The topological polar surface area (TPSA) is 63.3 Å². The van der Waals surface area contributed by atoms with Crippen LogP contribution in [-0.4, -0.2) is 16.6 Å². The lowest BCUT2D eigenvalue weighted by atomic mass is 9.66. The van der Waals surface area contributed by atoms with Crippen LogP contribution in [0.5, 0.6) is 0 Å². The molecule has 1 rings (SSSR count). The molecule has 0 aromatic heterocycles. The van der Waals surface area contributed by atoms with E-state index >= 15 is 0 Å². The van der Waals surface area contributed by atoms with Crippen LogP contribution in [0.2, 0.25) is 0 Å². The zero-order valence-electron chi connectivity index (χ0n) is 10.6. The third-order valence-corrected chi connectivity index (χ3v) is 4.09. The Kier molecular flexibility index (Phi) is 4.18. The van der Waals surface area contributed by atoms with Crippen LogP contribution in [0.15, 0.2) is 22.7 Å². The molecule has 100 valence electrons. The highest BCUT2D eigenvalue weighted by atomic mass is 79.9. The van der Waals surface area contributed by atoms with Gasteiger partial charge in [0.15, 0.2) is 0 Å². The maximum atomic E-state index is 13.3. The smallest absolute Gasteiger partial charge is 0.304 e. The van der Waals surface area contributed by atoms with Gasteiger partial charge in [0.2, 0.25) is 0 Å². The molecule has 0 amide bonds. The van der Waals surface area contributed by atoms with Gasteiger partial charge in [-0.1, -0.05) is 13.0 Å². The van der Waals surface area contributed by atoms with E-state index < -0.39 is 16.9 Å². The fourth-order valence-corrected chi connectivity index (χ4v) is 2.22. The Balaban J connectivity index is 3.34. The minimum absolute atomic E-state index is 0.116. The second kappa shape index (κ2) is 4.97. The molecule has 0 saturated heterocycles. The van der Waals surface area contributed by atoms with E-state index in [2.05, 4.69) is 15.9 Å². The van der Waals surface area contributed by atoms with Crippen molar-refractivity contribution in [3.05, 3.63) is 34.1 Å². The molecule has 0 aliphatic rings. The van der Waals surface area contributed by atoms with Gasteiger partial charge in [0.1, 0.15) is 5.82 Å². The van der Waals surface area contributed by atoms with Crippen LogP contribution in [0.3, 0.4) is 0 Å². The predicted octanol–water partition coefficient (Wildman–Crippen LogP) is 3.06. The van der Waals surface area contributed by atoms with Gasteiger partial charge in [0.25, 0.3) is 0 Å². The molecule has 1 unspecified atom stereocenters. The monoisotopic (exact) mass is 317 g/mol. The molecular formula is C13H17BrFNO2. The van der Waals surface area contributed by atoms with E-state index in [0.29, 0.717) is 10.0 Å². The number of rotatable bonds is 4. The van der Waals surface area contributed by atoms with Crippen LogP contribution in [-0.2, 0) is 10.2 Å². The number of halogens is 2. The molecule has 0 aliphatic carbocycles. The summed E-state index contributed by atoms with van der Waals surface area (Å²) in [7, 11) is 0. The van der Waals surface area contributed by atoms with Gasteiger partial charge in [-0.15, -0.1) is 0 Å². The second-order valence-electron chi connectivity index (χ2n) is 5.25. The summed E-state index contributed by atoms with van der Waals surface area (Å²) in [5, 5.41) is 9.06. The highest BCUT2D eigenvalue weighted by Gasteiger charge is 2.41. The van der Waals surface area contributed by atoms with E-state index in [0.717, 1.165) is 0 Å². The fraction of sp³-hybridized carbons (Fsp3) is 0.462. The SMILES string of the molecule is CC(C)(N)C(C)(CC(=O)O)c1ccc(F)c(Br)c1. The molecule has 0 spiro atoms. The number of benzene rings is 1. The Morgan fingerprint density at radius 3 is 2.39 bits per heavy atom. The molecule has 0 bridgehead atoms. The van der Waals surface area contributed by atoms with Gasteiger partial charge in [-0.25, -0.2) is 4.39 Å². The third-order valence-electron chi connectivity index (χ3n) is 3.48. The Bertz CT molecular complexity index is 471. The average Bonchev–Trinajstić information content (AvgIpc) is 2.19. The minimum Gasteiger partial charge on any atom is -0.481 e. The van der Waals surface area contributed by atoms with Crippen LogP contribution >= 0.6 is 15.9 Å². The number of hydrogen-bond donors (Lipinski definition) is 2. The summed E-state index contributed by atoms with van der Waals surface area (Å²) >= 11 is 3.11. The normalized spacial score (nSPS) is 15.2. The maximum Gasteiger partial charge on any atom is 0.304 e. The van der Waals surface area contributed by atoms with Gasteiger partial charge in [-0.2, -0.15) is 0 Å². The number of hydrogen-bond acceptors (Lipinski definition) is 2. The summed E-state index contributed by atoms with van der Waals surface area (Å²) in [6.07, 6.45) is -0.116. The van der Waals surface area contributed by atoms with E-state index in [1.807, 2.05) is 0 Å². The predicted molar refractivity (Wildman–Crippen MR) is 72.0 cm³/mol. The van der Waals surface area contributed by atoms with Crippen LogP contribution in [0.25, 0.3) is 0 Å². The Morgan fingerprint density at radius 2 is 2.00 bits per heavy atom. The zero-order valence-corrected chi connectivity index (χ0v) is 12.2. The molecule has 1 aromatic rings. The molecule has 0 saturated carbocycles. The summed E-state index contributed by atoms with van der Waals surface area (Å²) in [4.78, 5) is 11.0. The van der Waals surface area contributed by atoms with Gasteiger partial charge < -0.3 is 10.8 Å². The van der Waals surface area contributed by atoms with Crippen molar-refractivity contribution in [1.29, 1.82) is 0 Å². The average molecular weight is 318 g/mol. The minimum atomic E-state index is -0.934. The van der Waals surface area contributed by atoms with Gasteiger partial charge in [0, 0.05) is 11.0 Å². The summed E-state index contributed by atoms with van der Waals surface area (Å²) in [5.74, 6) is -1.32. The van der Waals surface area contributed by atoms with Crippen molar-refractivity contribution in [2.45, 2.75) is 38.1 Å². The van der Waals surface area contributed by atoms with Crippen LogP contribution in [0.1, 0.15) is 32.8 Å². The molecule has 1 aromatic carbocycles. The van der Waals surface area contributed by atoms with Crippen LogP contribution in [0.4, 0.5) is 4.39 Å².